The van der Waals surface area contributed by atoms with Crippen LogP contribution < -0.4 is 0 Å². The highest BCUT2D eigenvalue weighted by atomic mass is 32.2. The summed E-state index contributed by atoms with van der Waals surface area (Å²) in [5, 5.41) is 8.49. The molecule has 0 bridgehead atoms. The highest BCUT2D eigenvalue weighted by Crippen LogP contribution is 2.08. The largest absolute Gasteiger partial charge is 0.389 e. The monoisotopic (exact) mass is 212 g/mol. The summed E-state index contributed by atoms with van der Waals surface area (Å²) in [6, 6.07) is 7.15. The molecule has 1 N–H and O–H groups in total. The Morgan fingerprint density at radius 1 is 1.36 bits per heavy atom. The van der Waals surface area contributed by atoms with Crippen LogP contribution in [0, 0.1) is 6.92 Å². The van der Waals surface area contributed by atoms with Gasteiger partial charge in [-0.25, -0.2) is 0 Å². The summed E-state index contributed by atoms with van der Waals surface area (Å²) in [6.45, 7) is 1.39. The molecule has 1 aromatic rings. The van der Waals surface area contributed by atoms with Gasteiger partial charge in [0, 0.05) is 4.90 Å². The summed E-state index contributed by atoms with van der Waals surface area (Å²) >= 11 is 0. The molecule has 0 saturated carbocycles. The molecule has 0 amide bonds. The van der Waals surface area contributed by atoms with E-state index in [0.29, 0.717) is 4.90 Å². The molecule has 4 heteroatoms. The molecule has 0 aliphatic heterocycles. The van der Waals surface area contributed by atoms with Gasteiger partial charge in [0.2, 0.25) is 0 Å². The van der Waals surface area contributed by atoms with Crippen molar-refractivity contribution in [3.8, 4) is 0 Å². The topological polar surface area (TPSA) is 54.4 Å². The van der Waals surface area contributed by atoms with E-state index in [-0.39, 0.29) is 5.75 Å². The summed E-state index contributed by atoms with van der Waals surface area (Å²) in [7, 11) is -1.33. The van der Waals surface area contributed by atoms with Crippen molar-refractivity contribution in [2.75, 3.05) is 12.4 Å². The van der Waals surface area contributed by atoms with E-state index in [9.17, 15) is 9.00 Å². The highest BCUT2D eigenvalue weighted by molar-refractivity contribution is 7.85. The van der Waals surface area contributed by atoms with Gasteiger partial charge in [-0.05, 0) is 19.1 Å². The number of aryl methyl sites for hydroxylation is 1. The molecule has 14 heavy (non-hydrogen) atoms. The van der Waals surface area contributed by atoms with Gasteiger partial charge in [0.15, 0.2) is 5.78 Å². The molecule has 0 fully saturated rings. The Morgan fingerprint density at radius 2 is 1.93 bits per heavy atom. The summed E-state index contributed by atoms with van der Waals surface area (Å²) in [4.78, 5) is 11.4. The third-order valence-electron chi connectivity index (χ3n) is 1.75. The van der Waals surface area contributed by atoms with Gasteiger partial charge in [-0.1, -0.05) is 17.7 Å². The van der Waals surface area contributed by atoms with Crippen molar-refractivity contribution in [1.29, 1.82) is 0 Å². The Labute approximate surface area is 85.2 Å². The van der Waals surface area contributed by atoms with E-state index in [1.165, 1.54) is 0 Å². The zero-order chi connectivity index (χ0) is 10.6. The van der Waals surface area contributed by atoms with Crippen LogP contribution in [0.2, 0.25) is 0 Å². The van der Waals surface area contributed by atoms with E-state index in [2.05, 4.69) is 0 Å². The van der Waals surface area contributed by atoms with Crippen LogP contribution >= 0.6 is 0 Å². The SMILES string of the molecule is Cc1ccc(S(=O)CC(=O)CO)cc1. The second-order valence-corrected chi connectivity index (χ2v) is 4.45. The second-order valence-electron chi connectivity index (χ2n) is 3.00. The van der Waals surface area contributed by atoms with Crippen LogP contribution in [0.15, 0.2) is 29.2 Å². The number of carbonyl (C=O) groups excluding carboxylic acids is 1. The second kappa shape index (κ2) is 5.02. The van der Waals surface area contributed by atoms with Crippen LogP contribution in [0.1, 0.15) is 5.56 Å². The molecule has 1 atom stereocenters. The first-order valence-corrected chi connectivity index (χ1v) is 5.53. The minimum absolute atomic E-state index is 0.112. The highest BCUT2D eigenvalue weighted by Gasteiger charge is 2.08. The number of aliphatic hydroxyl groups is 1. The smallest absolute Gasteiger partial charge is 0.170 e. The minimum Gasteiger partial charge on any atom is -0.389 e. The lowest BCUT2D eigenvalue weighted by atomic mass is 10.2. The Hall–Kier alpha value is -1.00. The van der Waals surface area contributed by atoms with E-state index in [4.69, 9.17) is 5.11 Å². The number of hydrogen-bond acceptors (Lipinski definition) is 3. The number of rotatable bonds is 4. The van der Waals surface area contributed by atoms with Gasteiger partial charge in [0.25, 0.3) is 0 Å². The number of aliphatic hydroxyl groups excluding tert-OH is 1. The number of hydrogen-bond donors (Lipinski definition) is 1. The molecule has 0 saturated heterocycles. The van der Waals surface area contributed by atoms with Crippen molar-refractivity contribution >= 4 is 16.6 Å². The van der Waals surface area contributed by atoms with Crippen molar-refractivity contribution < 1.29 is 14.1 Å². The molecular formula is C10H12O3S. The van der Waals surface area contributed by atoms with E-state index in [0.717, 1.165) is 5.56 Å². The summed E-state index contributed by atoms with van der Waals surface area (Å²) < 4.78 is 11.5. The van der Waals surface area contributed by atoms with Crippen LogP contribution in [0.4, 0.5) is 0 Å². The van der Waals surface area contributed by atoms with Crippen LogP contribution in [0.3, 0.4) is 0 Å². The molecule has 0 heterocycles. The summed E-state index contributed by atoms with van der Waals surface area (Å²) in [6.07, 6.45) is 0. The fourth-order valence-corrected chi connectivity index (χ4v) is 1.96. The normalized spacial score (nSPS) is 12.4. The lowest BCUT2D eigenvalue weighted by molar-refractivity contribution is -0.119. The Morgan fingerprint density at radius 3 is 2.43 bits per heavy atom. The Balaban J connectivity index is 2.70. The third-order valence-corrected chi connectivity index (χ3v) is 3.13. The van der Waals surface area contributed by atoms with Gasteiger partial charge in [-0.3, -0.25) is 9.00 Å². The Kier molecular flexibility index (Phi) is 3.98. The number of benzene rings is 1. The molecule has 3 nitrogen and oxygen atoms in total. The van der Waals surface area contributed by atoms with Crippen LogP contribution in [-0.4, -0.2) is 27.5 Å². The van der Waals surface area contributed by atoms with Gasteiger partial charge in [0.1, 0.15) is 6.61 Å². The molecular weight excluding hydrogens is 200 g/mol. The zero-order valence-electron chi connectivity index (χ0n) is 7.90. The summed E-state index contributed by atoms with van der Waals surface area (Å²) in [5.74, 6) is -0.511. The van der Waals surface area contributed by atoms with Gasteiger partial charge >= 0.3 is 0 Å². The molecule has 1 aromatic carbocycles. The standard InChI is InChI=1S/C10H12O3S/c1-8-2-4-10(5-3-8)14(13)7-9(12)6-11/h2-5,11H,6-7H2,1H3. The first-order valence-electron chi connectivity index (χ1n) is 4.21. The predicted molar refractivity (Wildman–Crippen MR) is 54.5 cm³/mol. The lowest BCUT2D eigenvalue weighted by Crippen LogP contribution is -2.14. The fourth-order valence-electron chi connectivity index (χ4n) is 0.965. The Bertz CT molecular complexity index is 343. The number of Topliss-reactive ketones (excluding diaryl/α,β-unsaturated/α-hetero) is 1. The van der Waals surface area contributed by atoms with Gasteiger partial charge in [-0.15, -0.1) is 0 Å². The maximum absolute atomic E-state index is 11.5. The van der Waals surface area contributed by atoms with E-state index >= 15 is 0 Å². The first kappa shape index (κ1) is 11.1. The lowest BCUT2D eigenvalue weighted by Gasteiger charge is -2.00. The van der Waals surface area contributed by atoms with Crippen LogP contribution in [-0.2, 0) is 15.6 Å². The maximum Gasteiger partial charge on any atom is 0.170 e. The van der Waals surface area contributed by atoms with Crippen molar-refractivity contribution in [2.45, 2.75) is 11.8 Å². The molecule has 76 valence electrons. The van der Waals surface area contributed by atoms with Gasteiger partial charge in [-0.2, -0.15) is 0 Å². The van der Waals surface area contributed by atoms with Crippen LogP contribution in [0.25, 0.3) is 0 Å². The third kappa shape index (κ3) is 3.05. The minimum atomic E-state index is -1.33. The molecule has 0 spiro atoms. The zero-order valence-corrected chi connectivity index (χ0v) is 8.71. The quantitative estimate of drug-likeness (QED) is 0.798. The fraction of sp³-hybridized carbons (Fsp3) is 0.300. The van der Waals surface area contributed by atoms with Crippen LogP contribution in [0.5, 0.6) is 0 Å². The maximum atomic E-state index is 11.5. The molecule has 0 radical (unpaired) electrons. The first-order chi connectivity index (χ1) is 6.63. The molecule has 0 aromatic heterocycles. The van der Waals surface area contributed by atoms with E-state index in [1.807, 2.05) is 19.1 Å². The molecule has 1 rings (SSSR count). The van der Waals surface area contributed by atoms with Crippen molar-refractivity contribution in [3.05, 3.63) is 29.8 Å². The molecule has 0 aliphatic rings. The molecule has 1 unspecified atom stereocenters. The van der Waals surface area contributed by atoms with Crippen molar-refractivity contribution in [2.24, 2.45) is 0 Å². The van der Waals surface area contributed by atoms with E-state index in [1.54, 1.807) is 12.1 Å². The van der Waals surface area contributed by atoms with Crippen molar-refractivity contribution in [3.63, 3.8) is 0 Å². The van der Waals surface area contributed by atoms with Crippen molar-refractivity contribution in [1.82, 2.24) is 0 Å². The predicted octanol–water partition coefficient (Wildman–Crippen LogP) is 0.664. The van der Waals surface area contributed by atoms with Gasteiger partial charge < -0.3 is 5.11 Å². The van der Waals surface area contributed by atoms with Gasteiger partial charge in [0.05, 0.1) is 16.6 Å². The summed E-state index contributed by atoms with van der Waals surface area (Å²) in [5.41, 5.74) is 1.08. The number of carbonyl (C=O) groups is 1. The molecule has 0 aliphatic carbocycles. The van der Waals surface area contributed by atoms with E-state index < -0.39 is 23.2 Å². The number of ketones is 1. The average Bonchev–Trinajstić information content (AvgIpc) is 2.18. The average molecular weight is 212 g/mol.